The fraction of sp³-hybridized carbons (Fsp3) is 0.500. The lowest BCUT2D eigenvalue weighted by Crippen LogP contribution is -2.39. The van der Waals surface area contributed by atoms with Gasteiger partial charge in [0, 0.05) is 30.0 Å². The molecule has 4 nitrogen and oxygen atoms in total. The topological polar surface area (TPSA) is 54.5 Å². The van der Waals surface area contributed by atoms with Gasteiger partial charge in [0.05, 0.1) is 0 Å². The number of nitrogens with zero attached hydrogens (tertiary/aromatic N) is 1. The highest BCUT2D eigenvalue weighted by molar-refractivity contribution is 6.02. The maximum Gasteiger partial charge on any atom is 0.261 e. The maximum absolute atomic E-state index is 14.2. The second-order valence-electron chi connectivity index (χ2n) is 6.81. The van der Waals surface area contributed by atoms with E-state index < -0.39 is 17.8 Å². The SMILES string of the molecule is C=CC.CCC(=O)CCC(C)N(C=O)C(=O)c1c(C)ccc(F)c1C(C)C. The van der Waals surface area contributed by atoms with Gasteiger partial charge in [-0.2, -0.15) is 0 Å². The fourth-order valence-electron chi connectivity index (χ4n) is 2.72. The molecule has 1 unspecified atom stereocenters. The first-order valence-electron chi connectivity index (χ1n) is 9.31. The average molecular weight is 378 g/mol. The smallest absolute Gasteiger partial charge is 0.261 e. The molecule has 1 aromatic rings. The summed E-state index contributed by atoms with van der Waals surface area (Å²) in [4.78, 5) is 36.9. The Hall–Kier alpha value is -2.30. The third kappa shape index (κ3) is 7.08. The number of hydrogen-bond donors (Lipinski definition) is 0. The maximum atomic E-state index is 14.2. The van der Waals surface area contributed by atoms with E-state index in [1.165, 1.54) is 6.07 Å². The normalized spacial score (nSPS) is 11.3. The summed E-state index contributed by atoms with van der Waals surface area (Å²) in [6, 6.07) is 2.46. The second kappa shape index (κ2) is 12.2. The van der Waals surface area contributed by atoms with Crippen LogP contribution in [0, 0.1) is 12.7 Å². The summed E-state index contributed by atoms with van der Waals surface area (Å²) in [6.45, 7) is 14.1. The molecule has 2 amide bonds. The molecule has 0 saturated carbocycles. The number of aryl methyl sites for hydroxylation is 1. The summed E-state index contributed by atoms with van der Waals surface area (Å²) in [5, 5.41) is 0. The van der Waals surface area contributed by atoms with Crippen LogP contribution in [0.1, 0.15) is 81.3 Å². The number of carbonyl (C=O) groups is 3. The van der Waals surface area contributed by atoms with Gasteiger partial charge in [0.15, 0.2) is 0 Å². The van der Waals surface area contributed by atoms with E-state index >= 15 is 0 Å². The van der Waals surface area contributed by atoms with Crippen LogP contribution in [0.15, 0.2) is 24.8 Å². The quantitative estimate of drug-likeness (QED) is 0.462. The van der Waals surface area contributed by atoms with E-state index in [2.05, 4.69) is 6.58 Å². The average Bonchev–Trinajstić information content (AvgIpc) is 2.62. The molecule has 1 aromatic carbocycles. The van der Waals surface area contributed by atoms with Crippen molar-refractivity contribution in [2.75, 3.05) is 0 Å². The molecule has 0 aliphatic rings. The van der Waals surface area contributed by atoms with Crippen LogP contribution in [0.4, 0.5) is 4.39 Å². The first kappa shape index (κ1) is 24.7. The van der Waals surface area contributed by atoms with E-state index in [9.17, 15) is 18.8 Å². The zero-order valence-corrected chi connectivity index (χ0v) is 17.3. The van der Waals surface area contributed by atoms with Crippen LogP contribution in [-0.2, 0) is 9.59 Å². The predicted octanol–water partition coefficient (Wildman–Crippen LogP) is 5.20. The molecule has 150 valence electrons. The van der Waals surface area contributed by atoms with Crippen molar-refractivity contribution >= 4 is 18.1 Å². The number of imide groups is 1. The fourth-order valence-corrected chi connectivity index (χ4v) is 2.72. The van der Waals surface area contributed by atoms with Gasteiger partial charge < -0.3 is 0 Å². The Balaban J connectivity index is 0.00000210. The molecular weight excluding hydrogens is 345 g/mol. The lowest BCUT2D eigenvalue weighted by atomic mass is 9.92. The van der Waals surface area contributed by atoms with Crippen LogP contribution in [-0.4, -0.2) is 29.0 Å². The summed E-state index contributed by atoms with van der Waals surface area (Å²) >= 11 is 0. The number of amides is 2. The zero-order chi connectivity index (χ0) is 21.1. The molecule has 0 aliphatic carbocycles. The Labute approximate surface area is 162 Å². The molecule has 0 spiro atoms. The number of hydrogen-bond acceptors (Lipinski definition) is 3. The highest BCUT2D eigenvalue weighted by atomic mass is 19.1. The summed E-state index contributed by atoms with van der Waals surface area (Å²) in [5.74, 6) is -1.06. The van der Waals surface area contributed by atoms with Gasteiger partial charge in [-0.1, -0.05) is 32.9 Å². The predicted molar refractivity (Wildman–Crippen MR) is 107 cm³/mol. The molecule has 0 N–H and O–H groups in total. The Morgan fingerprint density at radius 3 is 2.26 bits per heavy atom. The van der Waals surface area contributed by atoms with E-state index in [1.807, 2.05) is 20.8 Å². The van der Waals surface area contributed by atoms with E-state index in [0.717, 1.165) is 4.90 Å². The minimum atomic E-state index is -0.512. The van der Waals surface area contributed by atoms with Crippen LogP contribution in [0.2, 0.25) is 0 Å². The third-order valence-corrected chi connectivity index (χ3v) is 4.25. The molecule has 0 aromatic heterocycles. The molecule has 27 heavy (non-hydrogen) atoms. The first-order chi connectivity index (χ1) is 12.7. The molecule has 0 saturated heterocycles. The molecule has 1 atom stereocenters. The van der Waals surface area contributed by atoms with Gasteiger partial charge in [-0.3, -0.25) is 19.3 Å². The van der Waals surface area contributed by atoms with Gasteiger partial charge in [0.1, 0.15) is 11.6 Å². The van der Waals surface area contributed by atoms with E-state index in [4.69, 9.17) is 0 Å². The minimum Gasteiger partial charge on any atom is -0.300 e. The van der Waals surface area contributed by atoms with Gasteiger partial charge in [-0.25, -0.2) is 4.39 Å². The van der Waals surface area contributed by atoms with Gasteiger partial charge in [0.25, 0.3) is 5.91 Å². The Bertz CT molecular complexity index is 668. The van der Waals surface area contributed by atoms with Crippen LogP contribution >= 0.6 is 0 Å². The van der Waals surface area contributed by atoms with Crippen molar-refractivity contribution in [3.05, 3.63) is 47.3 Å². The Kier molecular flexibility index (Phi) is 11.1. The standard InChI is InChI=1S/C19H26FNO3.C3H6/c1-6-15(23)9-8-14(5)21(11-22)19(24)18-13(4)7-10-16(20)17(18)12(2)3;1-3-2/h7,10-12,14H,6,8-9H2,1-5H3;3H,1H2,2H3. The number of halogens is 1. The summed E-state index contributed by atoms with van der Waals surface area (Å²) in [6.07, 6.45) is 3.37. The number of allylic oxidation sites excluding steroid dienone is 1. The number of Topliss-reactive ketones (excluding diaryl/α,β-unsaturated/α-hetero) is 1. The number of carbonyl (C=O) groups excluding carboxylic acids is 3. The molecule has 0 fully saturated rings. The van der Waals surface area contributed by atoms with Gasteiger partial charge >= 0.3 is 0 Å². The summed E-state index contributed by atoms with van der Waals surface area (Å²) < 4.78 is 14.2. The van der Waals surface area contributed by atoms with Crippen LogP contribution in [0.3, 0.4) is 0 Å². The molecular formula is C22H32FNO3. The molecule has 1 rings (SSSR count). The molecule has 0 bridgehead atoms. The third-order valence-electron chi connectivity index (χ3n) is 4.25. The number of ketones is 1. The minimum absolute atomic E-state index is 0.0879. The van der Waals surface area contributed by atoms with Crippen molar-refractivity contribution in [2.24, 2.45) is 0 Å². The Morgan fingerprint density at radius 1 is 1.26 bits per heavy atom. The lowest BCUT2D eigenvalue weighted by molar-refractivity contribution is -0.121. The van der Waals surface area contributed by atoms with Gasteiger partial charge in [0.2, 0.25) is 6.41 Å². The van der Waals surface area contributed by atoms with Crippen molar-refractivity contribution in [3.63, 3.8) is 0 Å². The van der Waals surface area contributed by atoms with Gasteiger partial charge in [-0.05, 0) is 44.7 Å². The van der Waals surface area contributed by atoms with Crippen molar-refractivity contribution < 1.29 is 18.8 Å². The van der Waals surface area contributed by atoms with Crippen molar-refractivity contribution in [1.29, 1.82) is 0 Å². The summed E-state index contributed by atoms with van der Waals surface area (Å²) in [7, 11) is 0. The molecule has 5 heteroatoms. The van der Waals surface area contributed by atoms with E-state index in [1.54, 1.807) is 32.9 Å². The molecule has 0 radical (unpaired) electrons. The van der Waals surface area contributed by atoms with Gasteiger partial charge in [-0.15, -0.1) is 6.58 Å². The van der Waals surface area contributed by atoms with Crippen LogP contribution in [0.25, 0.3) is 0 Å². The first-order valence-corrected chi connectivity index (χ1v) is 9.31. The molecule has 0 aliphatic heterocycles. The largest absolute Gasteiger partial charge is 0.300 e. The van der Waals surface area contributed by atoms with Crippen molar-refractivity contribution in [1.82, 2.24) is 4.90 Å². The van der Waals surface area contributed by atoms with E-state index in [-0.39, 0.29) is 17.3 Å². The lowest BCUT2D eigenvalue weighted by Gasteiger charge is -2.26. The second-order valence-corrected chi connectivity index (χ2v) is 6.81. The van der Waals surface area contributed by atoms with Crippen molar-refractivity contribution in [2.45, 2.75) is 72.8 Å². The summed E-state index contributed by atoms with van der Waals surface area (Å²) in [5.41, 5.74) is 1.20. The number of benzene rings is 1. The molecule has 0 heterocycles. The highest BCUT2D eigenvalue weighted by Crippen LogP contribution is 2.27. The van der Waals surface area contributed by atoms with E-state index in [0.29, 0.717) is 36.8 Å². The van der Waals surface area contributed by atoms with Crippen molar-refractivity contribution in [3.8, 4) is 0 Å². The monoisotopic (exact) mass is 377 g/mol. The number of rotatable bonds is 8. The zero-order valence-electron chi connectivity index (χ0n) is 17.3. The Morgan fingerprint density at radius 2 is 1.81 bits per heavy atom. The van der Waals surface area contributed by atoms with Crippen LogP contribution in [0.5, 0.6) is 0 Å². The van der Waals surface area contributed by atoms with Crippen LogP contribution < -0.4 is 0 Å². The highest BCUT2D eigenvalue weighted by Gasteiger charge is 2.27.